The second kappa shape index (κ2) is 5.20. The molecule has 0 saturated carbocycles. The van der Waals surface area contributed by atoms with Crippen LogP contribution in [0.2, 0.25) is 0 Å². The minimum Gasteiger partial charge on any atom is -0.271 e. The smallest absolute Gasteiger partial charge is 0.136 e. The molecule has 1 atom stereocenters. The van der Waals surface area contributed by atoms with Crippen molar-refractivity contribution < 1.29 is 4.84 Å². The van der Waals surface area contributed by atoms with Gasteiger partial charge in [0, 0.05) is 0 Å². The van der Waals surface area contributed by atoms with Crippen LogP contribution in [0.5, 0.6) is 0 Å². The first kappa shape index (κ1) is 14.3. The molecule has 120 valence electrons. The number of benzene rings is 3. The zero-order valence-corrected chi connectivity index (χ0v) is 13.6. The minimum absolute atomic E-state index is 0.280. The number of nitrogens with zero attached hydrogens (tertiary/aromatic N) is 2. The largest absolute Gasteiger partial charge is 0.271 e. The first-order valence-electron chi connectivity index (χ1n) is 8.44. The summed E-state index contributed by atoms with van der Waals surface area (Å²) >= 11 is 0. The maximum atomic E-state index is 9.95. The van der Waals surface area contributed by atoms with Crippen molar-refractivity contribution >= 4 is 5.69 Å². The van der Waals surface area contributed by atoms with Gasteiger partial charge >= 0.3 is 0 Å². The highest BCUT2D eigenvalue weighted by Gasteiger charge is 2.58. The lowest BCUT2D eigenvalue weighted by Gasteiger charge is -2.37. The highest BCUT2D eigenvalue weighted by atomic mass is 16.7. The summed E-state index contributed by atoms with van der Waals surface area (Å²) in [5, 5.41) is 11.9. The van der Waals surface area contributed by atoms with Gasteiger partial charge in [0.2, 0.25) is 0 Å². The van der Waals surface area contributed by atoms with E-state index in [4.69, 9.17) is 4.84 Å². The molecule has 1 heterocycles. The van der Waals surface area contributed by atoms with Gasteiger partial charge in [0.1, 0.15) is 11.5 Å². The molecule has 3 aromatic carbocycles. The summed E-state index contributed by atoms with van der Waals surface area (Å²) in [6.45, 7) is 0.383. The summed E-state index contributed by atoms with van der Waals surface area (Å²) in [5.74, 6) is -0.280. The van der Waals surface area contributed by atoms with Crippen LogP contribution in [0.3, 0.4) is 0 Å². The van der Waals surface area contributed by atoms with Gasteiger partial charge in [-0.3, -0.25) is 4.84 Å². The fraction of sp³-hybridized carbons (Fsp3) is 0.136. The predicted octanol–water partition coefficient (Wildman–Crippen LogP) is 4.50. The maximum absolute atomic E-state index is 9.95. The fourth-order valence-electron chi connectivity index (χ4n) is 4.33. The Morgan fingerprint density at radius 1 is 0.840 bits per heavy atom. The molecule has 0 bridgehead atoms. The van der Waals surface area contributed by atoms with Gasteiger partial charge in [0.05, 0.1) is 18.4 Å². The molecule has 3 heteroatoms. The standard InChI is InChI=1S/C22H16N2O/c23-14-16-15-25-24(17-8-2-1-3-9-17)22(16)20-12-6-4-10-18(20)19-11-5-7-13-21(19)22/h1-13,16H,15H2. The molecular formula is C22H16N2O. The SMILES string of the molecule is N#CC1CON(c2ccccc2)C12c1ccccc1-c1ccccc12. The van der Waals surface area contributed by atoms with Gasteiger partial charge in [-0.1, -0.05) is 66.7 Å². The molecule has 0 aromatic heterocycles. The first-order valence-corrected chi connectivity index (χ1v) is 8.44. The Labute approximate surface area is 146 Å². The van der Waals surface area contributed by atoms with Crippen LogP contribution in [0.25, 0.3) is 11.1 Å². The number of rotatable bonds is 1. The summed E-state index contributed by atoms with van der Waals surface area (Å²) in [6, 6.07) is 29.3. The van der Waals surface area contributed by atoms with Gasteiger partial charge in [-0.05, 0) is 34.4 Å². The lowest BCUT2D eigenvalue weighted by atomic mass is 9.77. The monoisotopic (exact) mass is 324 g/mol. The Morgan fingerprint density at radius 2 is 1.40 bits per heavy atom. The van der Waals surface area contributed by atoms with Crippen LogP contribution < -0.4 is 5.06 Å². The van der Waals surface area contributed by atoms with E-state index in [0.29, 0.717) is 6.61 Å². The third kappa shape index (κ3) is 1.72. The summed E-state index contributed by atoms with van der Waals surface area (Å²) in [4.78, 5) is 6.10. The summed E-state index contributed by atoms with van der Waals surface area (Å²) in [6.07, 6.45) is 0. The minimum atomic E-state index is -0.608. The Balaban J connectivity index is 1.87. The van der Waals surface area contributed by atoms with Crippen molar-refractivity contribution in [1.29, 1.82) is 5.26 Å². The Morgan fingerprint density at radius 3 is 2.00 bits per heavy atom. The van der Waals surface area contributed by atoms with Gasteiger partial charge in [-0.2, -0.15) is 5.26 Å². The maximum Gasteiger partial charge on any atom is 0.136 e. The third-order valence-corrected chi connectivity index (χ3v) is 5.31. The molecule has 0 radical (unpaired) electrons. The van der Waals surface area contributed by atoms with Crippen molar-refractivity contribution in [3.63, 3.8) is 0 Å². The molecule has 3 nitrogen and oxygen atoms in total. The molecule has 1 fully saturated rings. The topological polar surface area (TPSA) is 36.3 Å². The van der Waals surface area contributed by atoms with Crippen LogP contribution in [0.4, 0.5) is 5.69 Å². The molecule has 1 unspecified atom stereocenters. The molecule has 1 aliphatic heterocycles. The lowest BCUT2D eigenvalue weighted by Crippen LogP contribution is -2.44. The van der Waals surface area contributed by atoms with Gasteiger partial charge in [-0.15, -0.1) is 0 Å². The van der Waals surface area contributed by atoms with E-state index < -0.39 is 5.54 Å². The number of nitriles is 1. The molecule has 1 saturated heterocycles. The third-order valence-electron chi connectivity index (χ3n) is 5.31. The van der Waals surface area contributed by atoms with Crippen molar-refractivity contribution in [1.82, 2.24) is 0 Å². The second-order valence-electron chi connectivity index (χ2n) is 6.46. The Hall–Kier alpha value is -3.09. The number of fused-ring (bicyclic) bond motifs is 5. The molecule has 2 aliphatic rings. The molecule has 3 aromatic rings. The zero-order chi connectivity index (χ0) is 16.9. The van der Waals surface area contributed by atoms with Gasteiger partial charge in [-0.25, -0.2) is 5.06 Å². The van der Waals surface area contributed by atoms with E-state index in [2.05, 4.69) is 42.5 Å². The van der Waals surface area contributed by atoms with Crippen LogP contribution in [0.15, 0.2) is 78.9 Å². The summed E-state index contributed by atoms with van der Waals surface area (Å²) < 4.78 is 0. The molecule has 5 rings (SSSR count). The summed E-state index contributed by atoms with van der Waals surface area (Å²) in [5.41, 5.74) is 5.01. The number of anilines is 1. The van der Waals surface area contributed by atoms with Crippen molar-refractivity contribution in [2.45, 2.75) is 5.54 Å². The van der Waals surface area contributed by atoms with E-state index in [1.165, 1.54) is 11.1 Å². The van der Waals surface area contributed by atoms with Crippen molar-refractivity contribution in [3.8, 4) is 17.2 Å². The average Bonchev–Trinajstić information content (AvgIpc) is 3.21. The van der Waals surface area contributed by atoms with Crippen molar-refractivity contribution in [2.24, 2.45) is 5.92 Å². The molecule has 0 N–H and O–H groups in total. The number of hydroxylamine groups is 1. The highest BCUT2D eigenvalue weighted by Crippen LogP contribution is 2.57. The van der Waals surface area contributed by atoms with Crippen LogP contribution in [0, 0.1) is 17.2 Å². The van der Waals surface area contributed by atoms with Gasteiger partial charge < -0.3 is 0 Å². The van der Waals surface area contributed by atoms with E-state index in [1.807, 2.05) is 47.5 Å². The quantitative estimate of drug-likeness (QED) is 0.661. The Kier molecular flexibility index (Phi) is 2.97. The number of hydrogen-bond acceptors (Lipinski definition) is 3. The molecular weight excluding hydrogens is 308 g/mol. The predicted molar refractivity (Wildman–Crippen MR) is 96.6 cm³/mol. The van der Waals surface area contributed by atoms with Gasteiger partial charge in [0.15, 0.2) is 0 Å². The number of hydrogen-bond donors (Lipinski definition) is 0. The Bertz CT molecular complexity index is 945. The second-order valence-corrected chi connectivity index (χ2v) is 6.46. The molecule has 25 heavy (non-hydrogen) atoms. The van der Waals surface area contributed by atoms with Crippen LogP contribution in [-0.2, 0) is 10.4 Å². The molecule has 1 spiro atoms. The van der Waals surface area contributed by atoms with Gasteiger partial charge in [0.25, 0.3) is 0 Å². The normalized spacial score (nSPS) is 19.5. The van der Waals surface area contributed by atoms with Crippen LogP contribution in [0.1, 0.15) is 11.1 Å². The fourth-order valence-corrected chi connectivity index (χ4v) is 4.33. The highest BCUT2D eigenvalue weighted by molar-refractivity contribution is 5.83. The average molecular weight is 324 g/mol. The molecule has 0 amide bonds. The molecule has 1 aliphatic carbocycles. The van der Waals surface area contributed by atoms with E-state index in [-0.39, 0.29) is 5.92 Å². The van der Waals surface area contributed by atoms with E-state index in [0.717, 1.165) is 16.8 Å². The first-order chi connectivity index (χ1) is 12.4. The van der Waals surface area contributed by atoms with E-state index >= 15 is 0 Å². The lowest BCUT2D eigenvalue weighted by molar-refractivity contribution is 0.146. The van der Waals surface area contributed by atoms with Crippen LogP contribution in [-0.4, -0.2) is 6.61 Å². The number of para-hydroxylation sites is 1. The van der Waals surface area contributed by atoms with Crippen LogP contribution >= 0.6 is 0 Å². The zero-order valence-electron chi connectivity index (χ0n) is 13.6. The van der Waals surface area contributed by atoms with Crippen molar-refractivity contribution in [3.05, 3.63) is 90.0 Å². The van der Waals surface area contributed by atoms with Crippen molar-refractivity contribution in [2.75, 3.05) is 11.7 Å². The van der Waals surface area contributed by atoms with E-state index in [1.54, 1.807) is 0 Å². The summed E-state index contributed by atoms with van der Waals surface area (Å²) in [7, 11) is 0. The van der Waals surface area contributed by atoms with E-state index in [9.17, 15) is 5.26 Å².